The molecule has 4 fully saturated rings. The Bertz CT molecular complexity index is 678. The summed E-state index contributed by atoms with van der Waals surface area (Å²) >= 11 is 0. The summed E-state index contributed by atoms with van der Waals surface area (Å²) < 4.78 is 5.00. The van der Waals surface area contributed by atoms with E-state index in [0.717, 1.165) is 44.9 Å². The molecular weight excluding hydrogens is 342 g/mol. The number of methoxy groups -OCH3 is 1. The van der Waals surface area contributed by atoms with Crippen molar-refractivity contribution in [1.82, 2.24) is 0 Å². The highest BCUT2D eigenvalue weighted by Crippen LogP contribution is 2.69. The molecule has 4 aliphatic carbocycles. The van der Waals surface area contributed by atoms with Gasteiger partial charge in [-0.25, -0.2) is 0 Å². The van der Waals surface area contributed by atoms with Gasteiger partial charge in [0.05, 0.1) is 24.7 Å². The van der Waals surface area contributed by atoms with Gasteiger partial charge in [0.25, 0.3) is 0 Å². The van der Waals surface area contributed by atoms with Crippen LogP contribution < -0.4 is 0 Å². The second kappa shape index (κ2) is 6.38. The highest BCUT2D eigenvalue weighted by atomic mass is 16.5. The fourth-order valence-corrected chi connectivity index (χ4v) is 7.98. The second-order valence-electron chi connectivity index (χ2n) is 10.2. The van der Waals surface area contributed by atoms with Crippen LogP contribution in [0.2, 0.25) is 0 Å². The van der Waals surface area contributed by atoms with Crippen LogP contribution in [0.1, 0.15) is 71.6 Å². The molecule has 0 radical (unpaired) electrons. The van der Waals surface area contributed by atoms with E-state index in [1.807, 2.05) is 0 Å². The molecule has 3 unspecified atom stereocenters. The van der Waals surface area contributed by atoms with Gasteiger partial charge in [0.1, 0.15) is 0 Å². The van der Waals surface area contributed by atoms with Crippen molar-refractivity contribution in [3.05, 3.63) is 10.4 Å². The number of hydrogen-bond donors (Lipinski definition) is 1. The van der Waals surface area contributed by atoms with E-state index in [1.165, 1.54) is 7.11 Å². The lowest BCUT2D eigenvalue weighted by molar-refractivity contribution is -0.171. The van der Waals surface area contributed by atoms with Crippen LogP contribution >= 0.6 is 0 Å². The van der Waals surface area contributed by atoms with Gasteiger partial charge >= 0.3 is 5.97 Å². The number of ether oxygens (including phenoxy) is 1. The molecule has 0 aromatic heterocycles. The third kappa shape index (κ3) is 2.49. The fraction of sp³-hybridized carbons (Fsp3) is 0.952. The number of aliphatic hydroxyl groups excluding tert-OH is 1. The van der Waals surface area contributed by atoms with Gasteiger partial charge in [-0.1, -0.05) is 25.4 Å². The molecule has 0 heterocycles. The van der Waals surface area contributed by atoms with E-state index in [0.29, 0.717) is 30.6 Å². The van der Waals surface area contributed by atoms with Gasteiger partial charge in [-0.15, -0.1) is 0 Å². The molecule has 0 bridgehead atoms. The smallest absolute Gasteiger partial charge is 0.311 e. The Balaban J connectivity index is 1.71. The van der Waals surface area contributed by atoms with Gasteiger partial charge in [0.2, 0.25) is 0 Å². The normalized spacial score (nSPS) is 51.3. The molecule has 0 amide bonds. The summed E-state index contributed by atoms with van der Waals surface area (Å²) in [5.41, 5.74) is 9.25. The van der Waals surface area contributed by atoms with Crippen molar-refractivity contribution in [2.24, 2.45) is 39.6 Å². The van der Waals surface area contributed by atoms with Gasteiger partial charge in [-0.3, -0.25) is 4.79 Å². The SMILES string of the molecule is COC(=O)C1C[C@@]2(C)C(CC[C@@H]3[C@H]2CC[C@]2(C)CCC[C@@]32N=[N+]=[N-])CC1O. The number of hydrogen-bond acceptors (Lipinski definition) is 4. The Hall–Kier alpha value is -1.26. The average molecular weight is 376 g/mol. The van der Waals surface area contributed by atoms with E-state index in [-0.39, 0.29) is 22.3 Å². The monoisotopic (exact) mass is 375 g/mol. The summed E-state index contributed by atoms with van der Waals surface area (Å²) in [5.74, 6) is 0.568. The van der Waals surface area contributed by atoms with Crippen molar-refractivity contribution in [2.45, 2.75) is 83.3 Å². The Morgan fingerprint density at radius 1 is 1.19 bits per heavy atom. The first kappa shape index (κ1) is 19.1. The predicted octanol–water partition coefficient (Wildman–Crippen LogP) is 4.61. The van der Waals surface area contributed by atoms with Crippen LogP contribution in [0.3, 0.4) is 0 Å². The van der Waals surface area contributed by atoms with E-state index < -0.39 is 12.0 Å². The van der Waals surface area contributed by atoms with E-state index in [4.69, 9.17) is 4.74 Å². The Morgan fingerprint density at radius 3 is 2.67 bits per heavy atom. The standard InChI is InChI=1S/C21H33N3O3/c1-19-8-4-9-21(19,23-24-22)16-6-5-13-11-17(25)14(18(26)27-3)12-20(13,2)15(16)7-10-19/h13-17,25H,4-12H2,1-3H3/t13?,14?,15-,16-,17?,19+,20+,21-/m1/s1. The van der Waals surface area contributed by atoms with E-state index >= 15 is 0 Å². The maximum atomic E-state index is 12.3. The molecule has 6 nitrogen and oxygen atoms in total. The number of carbonyl (C=O) groups is 1. The van der Waals surface area contributed by atoms with Crippen molar-refractivity contribution in [1.29, 1.82) is 0 Å². The predicted molar refractivity (Wildman–Crippen MR) is 102 cm³/mol. The highest BCUT2D eigenvalue weighted by Gasteiger charge is 2.65. The summed E-state index contributed by atoms with van der Waals surface area (Å²) in [6.45, 7) is 4.67. The van der Waals surface area contributed by atoms with Crippen molar-refractivity contribution in [3.8, 4) is 0 Å². The molecule has 0 spiro atoms. The summed E-state index contributed by atoms with van der Waals surface area (Å²) in [6, 6.07) is 0. The number of esters is 1. The Labute approximate surface area is 161 Å². The van der Waals surface area contributed by atoms with Gasteiger partial charge in [0, 0.05) is 4.91 Å². The molecule has 0 aliphatic heterocycles. The number of carbonyl (C=O) groups excluding carboxylic acids is 1. The largest absolute Gasteiger partial charge is 0.469 e. The molecule has 8 atom stereocenters. The van der Waals surface area contributed by atoms with Gasteiger partial charge in [-0.05, 0) is 85.5 Å². The van der Waals surface area contributed by atoms with Crippen LogP contribution in [0.15, 0.2) is 5.11 Å². The molecule has 1 N–H and O–H groups in total. The molecule has 4 aliphatic rings. The summed E-state index contributed by atoms with van der Waals surface area (Å²) in [4.78, 5) is 15.6. The van der Waals surface area contributed by atoms with Crippen LogP contribution in [0.5, 0.6) is 0 Å². The third-order valence-electron chi connectivity index (χ3n) is 9.42. The zero-order chi connectivity index (χ0) is 19.4. The molecule has 4 saturated carbocycles. The highest BCUT2D eigenvalue weighted by molar-refractivity contribution is 5.73. The fourth-order valence-electron chi connectivity index (χ4n) is 7.98. The maximum Gasteiger partial charge on any atom is 0.311 e. The number of aliphatic hydroxyl groups is 1. The van der Waals surface area contributed by atoms with Crippen LogP contribution in [0.4, 0.5) is 0 Å². The summed E-state index contributed by atoms with van der Waals surface area (Å²) in [6.07, 6.45) is 8.44. The minimum atomic E-state index is -0.599. The van der Waals surface area contributed by atoms with E-state index in [1.54, 1.807) is 0 Å². The van der Waals surface area contributed by atoms with Crippen LogP contribution in [-0.4, -0.2) is 29.8 Å². The molecule has 0 saturated heterocycles. The summed E-state index contributed by atoms with van der Waals surface area (Å²) in [5, 5.41) is 15.1. The van der Waals surface area contributed by atoms with Crippen LogP contribution in [0.25, 0.3) is 10.4 Å². The molecule has 0 aromatic rings. The zero-order valence-corrected chi connectivity index (χ0v) is 16.9. The van der Waals surface area contributed by atoms with E-state index in [9.17, 15) is 15.4 Å². The van der Waals surface area contributed by atoms with Crippen molar-refractivity contribution < 1.29 is 14.6 Å². The number of azide groups is 1. The second-order valence-corrected chi connectivity index (χ2v) is 10.2. The van der Waals surface area contributed by atoms with Crippen molar-refractivity contribution >= 4 is 5.97 Å². The first-order valence-electron chi connectivity index (χ1n) is 10.6. The molecule has 4 rings (SSSR count). The lowest BCUT2D eigenvalue weighted by Gasteiger charge is -2.64. The first-order chi connectivity index (χ1) is 12.8. The van der Waals surface area contributed by atoms with E-state index in [2.05, 4.69) is 23.9 Å². The number of fused-ring (bicyclic) bond motifs is 5. The maximum absolute atomic E-state index is 12.3. The molecule has 150 valence electrons. The minimum Gasteiger partial charge on any atom is -0.469 e. The topological polar surface area (TPSA) is 95.3 Å². The minimum absolute atomic E-state index is 0.00288. The van der Waals surface area contributed by atoms with Crippen LogP contribution in [0, 0.1) is 34.5 Å². The van der Waals surface area contributed by atoms with Crippen LogP contribution in [-0.2, 0) is 9.53 Å². The van der Waals surface area contributed by atoms with Gasteiger partial charge < -0.3 is 9.84 Å². The number of nitrogens with zero attached hydrogens (tertiary/aromatic N) is 3. The summed E-state index contributed by atoms with van der Waals surface area (Å²) in [7, 11) is 1.41. The Kier molecular flexibility index (Phi) is 4.51. The quantitative estimate of drug-likeness (QED) is 0.330. The zero-order valence-electron chi connectivity index (χ0n) is 16.9. The lowest BCUT2D eigenvalue weighted by atomic mass is 9.42. The van der Waals surface area contributed by atoms with Crippen molar-refractivity contribution in [3.63, 3.8) is 0 Å². The van der Waals surface area contributed by atoms with Gasteiger partial charge in [-0.2, -0.15) is 0 Å². The average Bonchev–Trinajstić information content (AvgIpc) is 2.98. The number of rotatable bonds is 2. The molecule has 0 aromatic carbocycles. The molecule has 27 heavy (non-hydrogen) atoms. The molecular formula is C21H33N3O3. The lowest BCUT2D eigenvalue weighted by Crippen LogP contribution is -2.61. The molecule has 6 heteroatoms. The third-order valence-corrected chi connectivity index (χ3v) is 9.42. The Morgan fingerprint density at radius 2 is 1.96 bits per heavy atom. The van der Waals surface area contributed by atoms with Crippen molar-refractivity contribution in [2.75, 3.05) is 7.11 Å². The first-order valence-corrected chi connectivity index (χ1v) is 10.6. The van der Waals surface area contributed by atoms with Gasteiger partial charge in [0.15, 0.2) is 0 Å².